The summed E-state index contributed by atoms with van der Waals surface area (Å²) in [7, 11) is 0. The van der Waals surface area contributed by atoms with E-state index in [9.17, 15) is 0 Å². The average molecular weight is 315 g/mol. The molecule has 1 N–H and O–H groups in total. The molecule has 1 aliphatic heterocycles. The molecule has 0 radical (unpaired) electrons. The molecule has 2 rings (SSSR count). The minimum atomic E-state index is 0.706. The number of benzene rings is 1. The summed E-state index contributed by atoms with van der Waals surface area (Å²) >= 11 is 12.3. The first-order valence-corrected chi connectivity index (χ1v) is 8.31. The molecule has 1 unspecified atom stereocenters. The van der Waals surface area contributed by atoms with Gasteiger partial charge in [0.2, 0.25) is 0 Å². The number of nitrogens with one attached hydrogen (secondary N) is 1. The molecule has 0 bridgehead atoms. The summed E-state index contributed by atoms with van der Waals surface area (Å²) in [5, 5.41) is 4.98. The maximum atomic E-state index is 6.29. The van der Waals surface area contributed by atoms with Crippen LogP contribution in [0.2, 0.25) is 10.0 Å². The summed E-state index contributed by atoms with van der Waals surface area (Å²) < 4.78 is 0. The summed E-state index contributed by atoms with van der Waals surface area (Å²) in [6.07, 6.45) is 3.80. The second-order valence-corrected chi connectivity index (χ2v) is 6.53. The zero-order valence-corrected chi connectivity index (χ0v) is 13.7. The van der Waals surface area contributed by atoms with Crippen LogP contribution >= 0.6 is 23.2 Å². The Labute approximate surface area is 132 Å². The van der Waals surface area contributed by atoms with Gasteiger partial charge >= 0.3 is 0 Å². The van der Waals surface area contributed by atoms with Gasteiger partial charge in [-0.05, 0) is 62.5 Å². The van der Waals surface area contributed by atoms with Crippen LogP contribution in [0.3, 0.4) is 0 Å². The van der Waals surface area contributed by atoms with E-state index in [1.54, 1.807) is 0 Å². The molecule has 0 spiro atoms. The summed E-state index contributed by atoms with van der Waals surface area (Å²) in [4.78, 5) is 2.52. The topological polar surface area (TPSA) is 15.3 Å². The smallest absolute Gasteiger partial charge is 0.0465 e. The maximum Gasteiger partial charge on any atom is 0.0465 e. The van der Waals surface area contributed by atoms with Crippen molar-refractivity contribution in [2.45, 2.75) is 32.7 Å². The lowest BCUT2D eigenvalue weighted by molar-refractivity contribution is 0.201. The van der Waals surface area contributed by atoms with E-state index in [1.165, 1.54) is 31.4 Å². The first kappa shape index (κ1) is 16.1. The van der Waals surface area contributed by atoms with Gasteiger partial charge in [-0.15, -0.1) is 0 Å². The van der Waals surface area contributed by atoms with Gasteiger partial charge in [0.15, 0.2) is 0 Å². The van der Waals surface area contributed by atoms with Gasteiger partial charge in [-0.3, -0.25) is 4.90 Å². The number of hydrogen-bond acceptors (Lipinski definition) is 2. The predicted octanol–water partition coefficient (Wildman–Crippen LogP) is 4.21. The van der Waals surface area contributed by atoms with E-state index in [0.717, 1.165) is 37.1 Å². The van der Waals surface area contributed by atoms with E-state index in [2.05, 4.69) is 17.1 Å². The zero-order valence-electron chi connectivity index (χ0n) is 12.2. The van der Waals surface area contributed by atoms with Gasteiger partial charge in [-0.2, -0.15) is 0 Å². The van der Waals surface area contributed by atoms with Crippen LogP contribution in [0.1, 0.15) is 31.7 Å². The molecular weight excluding hydrogens is 291 g/mol. The van der Waals surface area contributed by atoms with Crippen LogP contribution in [0.15, 0.2) is 18.2 Å². The standard InChI is InChI=1S/C16H24Cl2N2/c1-2-8-20(11-13-4-3-7-19-10-13)12-14-5-6-15(17)9-16(14)18/h5-6,9,13,19H,2-4,7-8,10-12H2,1H3. The lowest BCUT2D eigenvalue weighted by atomic mass is 9.98. The third-order valence-corrected chi connectivity index (χ3v) is 4.45. The minimum absolute atomic E-state index is 0.706. The highest BCUT2D eigenvalue weighted by atomic mass is 35.5. The summed E-state index contributed by atoms with van der Waals surface area (Å²) in [6, 6.07) is 5.81. The molecular formula is C16H24Cl2N2. The van der Waals surface area contributed by atoms with Crippen molar-refractivity contribution in [3.63, 3.8) is 0 Å². The van der Waals surface area contributed by atoms with E-state index in [-0.39, 0.29) is 0 Å². The molecule has 2 nitrogen and oxygen atoms in total. The fraction of sp³-hybridized carbons (Fsp3) is 0.625. The highest BCUT2D eigenvalue weighted by Gasteiger charge is 2.17. The van der Waals surface area contributed by atoms with E-state index >= 15 is 0 Å². The molecule has 1 fully saturated rings. The monoisotopic (exact) mass is 314 g/mol. The molecule has 20 heavy (non-hydrogen) atoms. The van der Waals surface area contributed by atoms with Gasteiger partial charge in [-0.25, -0.2) is 0 Å². The summed E-state index contributed by atoms with van der Waals surface area (Å²) in [5.74, 6) is 0.765. The summed E-state index contributed by atoms with van der Waals surface area (Å²) in [5.41, 5.74) is 1.17. The van der Waals surface area contributed by atoms with Gasteiger partial charge in [0.25, 0.3) is 0 Å². The van der Waals surface area contributed by atoms with Crippen molar-refractivity contribution < 1.29 is 0 Å². The Balaban J connectivity index is 1.96. The number of halogens is 2. The van der Waals surface area contributed by atoms with Crippen LogP contribution in [0.5, 0.6) is 0 Å². The van der Waals surface area contributed by atoms with Gasteiger partial charge in [0.05, 0.1) is 0 Å². The number of nitrogens with zero attached hydrogens (tertiary/aromatic N) is 1. The fourth-order valence-corrected chi connectivity index (χ4v) is 3.36. The van der Waals surface area contributed by atoms with Crippen LogP contribution < -0.4 is 5.32 Å². The third-order valence-electron chi connectivity index (χ3n) is 3.86. The molecule has 4 heteroatoms. The van der Waals surface area contributed by atoms with E-state index < -0.39 is 0 Å². The fourth-order valence-electron chi connectivity index (χ4n) is 2.89. The zero-order chi connectivity index (χ0) is 14.4. The molecule has 0 amide bonds. The maximum absolute atomic E-state index is 6.29. The number of rotatable bonds is 6. The SMILES string of the molecule is CCCN(Cc1ccc(Cl)cc1Cl)CC1CCCNC1. The molecule has 1 aromatic carbocycles. The quantitative estimate of drug-likeness (QED) is 0.846. The molecule has 1 aromatic rings. The molecule has 1 atom stereocenters. The van der Waals surface area contributed by atoms with Crippen molar-refractivity contribution >= 4 is 23.2 Å². The normalized spacial score (nSPS) is 19.5. The second kappa shape index (κ2) is 8.23. The van der Waals surface area contributed by atoms with E-state index in [0.29, 0.717) is 5.02 Å². The molecule has 112 valence electrons. The van der Waals surface area contributed by atoms with Crippen molar-refractivity contribution in [1.82, 2.24) is 10.2 Å². The van der Waals surface area contributed by atoms with Crippen molar-refractivity contribution in [3.05, 3.63) is 33.8 Å². The van der Waals surface area contributed by atoms with E-state index in [1.807, 2.05) is 18.2 Å². The van der Waals surface area contributed by atoms with Crippen molar-refractivity contribution in [2.24, 2.45) is 5.92 Å². The van der Waals surface area contributed by atoms with Crippen molar-refractivity contribution in [3.8, 4) is 0 Å². The van der Waals surface area contributed by atoms with Crippen LogP contribution in [-0.2, 0) is 6.54 Å². The Morgan fingerprint density at radius 2 is 2.20 bits per heavy atom. The lowest BCUT2D eigenvalue weighted by Gasteiger charge is -2.30. The molecule has 0 aliphatic carbocycles. The summed E-state index contributed by atoms with van der Waals surface area (Å²) in [6.45, 7) is 7.74. The Kier molecular flexibility index (Phi) is 6.63. The predicted molar refractivity (Wildman–Crippen MR) is 87.6 cm³/mol. The van der Waals surface area contributed by atoms with Crippen molar-refractivity contribution in [2.75, 3.05) is 26.2 Å². The molecule has 1 heterocycles. The molecule has 0 saturated carbocycles. The van der Waals surface area contributed by atoms with Crippen LogP contribution in [0, 0.1) is 5.92 Å². The molecule has 1 saturated heterocycles. The van der Waals surface area contributed by atoms with Crippen LogP contribution in [-0.4, -0.2) is 31.1 Å². The first-order chi connectivity index (χ1) is 9.69. The minimum Gasteiger partial charge on any atom is -0.316 e. The Hall–Kier alpha value is -0.280. The van der Waals surface area contributed by atoms with Gasteiger partial charge in [-0.1, -0.05) is 36.2 Å². The van der Waals surface area contributed by atoms with E-state index in [4.69, 9.17) is 23.2 Å². The van der Waals surface area contributed by atoms with Crippen molar-refractivity contribution in [1.29, 1.82) is 0 Å². The third kappa shape index (κ3) is 4.92. The number of piperidine rings is 1. The largest absolute Gasteiger partial charge is 0.316 e. The molecule has 1 aliphatic rings. The van der Waals surface area contributed by atoms with Gasteiger partial charge in [0, 0.05) is 23.1 Å². The number of hydrogen-bond donors (Lipinski definition) is 1. The van der Waals surface area contributed by atoms with Crippen LogP contribution in [0.25, 0.3) is 0 Å². The second-order valence-electron chi connectivity index (χ2n) is 5.68. The average Bonchev–Trinajstić information content (AvgIpc) is 2.43. The highest BCUT2D eigenvalue weighted by Crippen LogP contribution is 2.23. The first-order valence-electron chi connectivity index (χ1n) is 7.56. The Bertz CT molecular complexity index is 417. The van der Waals surface area contributed by atoms with Gasteiger partial charge < -0.3 is 5.32 Å². The Morgan fingerprint density at radius 3 is 2.85 bits per heavy atom. The van der Waals surface area contributed by atoms with Crippen LogP contribution in [0.4, 0.5) is 0 Å². The highest BCUT2D eigenvalue weighted by molar-refractivity contribution is 6.35. The van der Waals surface area contributed by atoms with Gasteiger partial charge in [0.1, 0.15) is 0 Å². The molecule has 0 aromatic heterocycles. The Morgan fingerprint density at radius 1 is 1.35 bits per heavy atom. The lowest BCUT2D eigenvalue weighted by Crippen LogP contribution is -2.38.